The summed E-state index contributed by atoms with van der Waals surface area (Å²) in [6, 6.07) is 64.6. The number of aromatic nitrogens is 5. The second-order valence-electron chi connectivity index (χ2n) is 14.1. The van der Waals surface area contributed by atoms with Gasteiger partial charge in [0.25, 0.3) is 0 Å². The molecule has 0 atom stereocenters. The lowest BCUT2D eigenvalue weighted by molar-refractivity contribution is 1.14. The van der Waals surface area contributed by atoms with E-state index in [9.17, 15) is 0 Å². The van der Waals surface area contributed by atoms with Gasteiger partial charge < -0.3 is 4.57 Å². The zero-order valence-corrected chi connectivity index (χ0v) is 30.3. The van der Waals surface area contributed by atoms with Crippen molar-refractivity contribution in [2.45, 2.75) is 0 Å². The highest BCUT2D eigenvalue weighted by Gasteiger charge is 2.17. The maximum absolute atomic E-state index is 4.96. The first kappa shape index (κ1) is 31.9. The number of para-hydroxylation sites is 2. The van der Waals surface area contributed by atoms with E-state index in [1.165, 1.54) is 32.8 Å². The fraction of sp³-hybridized carbons (Fsp3) is 0. The second kappa shape index (κ2) is 13.0. The molecule has 0 fully saturated rings. The second-order valence-corrected chi connectivity index (χ2v) is 14.1. The van der Waals surface area contributed by atoms with Crippen molar-refractivity contribution in [1.82, 2.24) is 24.1 Å². The average Bonchev–Trinajstić information content (AvgIpc) is 3.79. The Labute approximate surface area is 323 Å². The van der Waals surface area contributed by atoms with Crippen molar-refractivity contribution in [3.05, 3.63) is 201 Å². The molecule has 0 radical (unpaired) electrons. The van der Waals surface area contributed by atoms with Crippen molar-refractivity contribution in [3.63, 3.8) is 0 Å². The van der Waals surface area contributed by atoms with Gasteiger partial charge in [-0.1, -0.05) is 78.9 Å². The van der Waals surface area contributed by atoms with Gasteiger partial charge in [0.05, 0.1) is 27.9 Å². The summed E-state index contributed by atoms with van der Waals surface area (Å²) in [7, 11) is 0. The molecule has 0 aliphatic heterocycles. The number of pyridine rings is 3. The lowest BCUT2D eigenvalue weighted by Gasteiger charge is -2.13. The number of fused-ring (bicyclic) bond motifs is 6. The van der Waals surface area contributed by atoms with E-state index < -0.39 is 0 Å². The maximum atomic E-state index is 4.96. The summed E-state index contributed by atoms with van der Waals surface area (Å²) in [5, 5.41) is 4.76. The van der Waals surface area contributed by atoms with Crippen molar-refractivity contribution in [1.29, 1.82) is 0 Å². The van der Waals surface area contributed by atoms with Crippen LogP contribution in [0.1, 0.15) is 0 Å². The van der Waals surface area contributed by atoms with Gasteiger partial charge >= 0.3 is 0 Å². The molecule has 5 nitrogen and oxygen atoms in total. The predicted molar refractivity (Wildman–Crippen MR) is 230 cm³/mol. The van der Waals surface area contributed by atoms with Gasteiger partial charge in [0, 0.05) is 62.6 Å². The van der Waals surface area contributed by atoms with Crippen LogP contribution in [-0.4, -0.2) is 24.1 Å². The molecular weight excluding hydrogens is 683 g/mol. The molecule has 11 aromatic rings. The van der Waals surface area contributed by atoms with Crippen LogP contribution in [0.3, 0.4) is 0 Å². The van der Waals surface area contributed by atoms with Crippen LogP contribution in [0.2, 0.25) is 0 Å². The quantitative estimate of drug-likeness (QED) is 0.172. The standard InChI is InChI=1S/C51H33N5/c1-2-13-40(14-3-1)55-48-20-5-4-16-42(48)45-32-35(22-24-49(45)55)36-21-23-43-44-17-11-27-54-51(44)56(50(43)33-36)41-15-10-12-34(31-41)37-28-38(46-18-6-8-25-52-46)30-39(29-37)47-19-7-9-26-53-47/h1-33H. The molecule has 0 saturated heterocycles. The Bertz CT molecular complexity index is 3180. The summed E-state index contributed by atoms with van der Waals surface area (Å²) in [4.78, 5) is 14.3. The summed E-state index contributed by atoms with van der Waals surface area (Å²) in [5.41, 5.74) is 15.1. The maximum Gasteiger partial charge on any atom is 0.145 e. The predicted octanol–water partition coefficient (Wildman–Crippen LogP) is 12.7. The minimum Gasteiger partial charge on any atom is -0.309 e. The van der Waals surface area contributed by atoms with Gasteiger partial charge in [-0.3, -0.25) is 14.5 Å². The van der Waals surface area contributed by atoms with Crippen molar-refractivity contribution in [2.24, 2.45) is 0 Å². The van der Waals surface area contributed by atoms with E-state index in [0.29, 0.717) is 0 Å². The van der Waals surface area contributed by atoms with Crippen molar-refractivity contribution in [2.75, 3.05) is 0 Å². The summed E-state index contributed by atoms with van der Waals surface area (Å²) in [5.74, 6) is 0. The number of rotatable bonds is 6. The van der Waals surface area contributed by atoms with Crippen LogP contribution in [-0.2, 0) is 0 Å². The molecule has 0 amide bonds. The van der Waals surface area contributed by atoms with E-state index in [0.717, 1.165) is 67.1 Å². The van der Waals surface area contributed by atoms with E-state index in [4.69, 9.17) is 15.0 Å². The summed E-state index contributed by atoms with van der Waals surface area (Å²) in [6.45, 7) is 0. The molecule has 11 rings (SSSR count). The van der Waals surface area contributed by atoms with Crippen molar-refractivity contribution >= 4 is 43.7 Å². The third kappa shape index (κ3) is 5.29. The Balaban J connectivity index is 1.08. The smallest absolute Gasteiger partial charge is 0.145 e. The first-order chi connectivity index (χ1) is 27.8. The first-order valence-electron chi connectivity index (χ1n) is 18.8. The van der Waals surface area contributed by atoms with Gasteiger partial charge in [0.2, 0.25) is 0 Å². The molecule has 0 aliphatic rings. The Morgan fingerprint density at radius 2 is 0.893 bits per heavy atom. The van der Waals surface area contributed by atoms with Gasteiger partial charge in [0.15, 0.2) is 0 Å². The minimum absolute atomic E-state index is 0.921. The zero-order valence-electron chi connectivity index (χ0n) is 30.3. The van der Waals surface area contributed by atoms with E-state index >= 15 is 0 Å². The molecule has 0 aliphatic carbocycles. The Hall–Kier alpha value is -7.63. The van der Waals surface area contributed by atoms with Crippen LogP contribution in [0, 0.1) is 0 Å². The zero-order chi connectivity index (χ0) is 37.0. The molecular formula is C51H33N5. The molecule has 0 bridgehead atoms. The summed E-state index contributed by atoms with van der Waals surface area (Å²) >= 11 is 0. The van der Waals surface area contributed by atoms with Gasteiger partial charge in [-0.2, -0.15) is 0 Å². The van der Waals surface area contributed by atoms with E-state index in [-0.39, 0.29) is 0 Å². The first-order valence-corrected chi connectivity index (χ1v) is 18.8. The number of benzene rings is 6. The molecule has 0 spiro atoms. The third-order valence-corrected chi connectivity index (χ3v) is 10.8. The van der Waals surface area contributed by atoms with Gasteiger partial charge in [0.1, 0.15) is 5.65 Å². The SMILES string of the molecule is c1ccc(-n2c3ccccc3c3cc(-c4ccc5c6cccnc6n(-c6cccc(-c7cc(-c8ccccn8)cc(-c8ccccn8)c7)c6)c5c4)ccc32)cc1. The topological polar surface area (TPSA) is 48.5 Å². The monoisotopic (exact) mass is 715 g/mol. The molecule has 262 valence electrons. The Morgan fingerprint density at radius 1 is 0.286 bits per heavy atom. The third-order valence-electron chi connectivity index (χ3n) is 10.8. The highest BCUT2D eigenvalue weighted by atomic mass is 15.0. The molecule has 0 N–H and O–H groups in total. The van der Waals surface area contributed by atoms with E-state index in [1.807, 2.05) is 48.9 Å². The molecule has 5 aromatic heterocycles. The lowest BCUT2D eigenvalue weighted by atomic mass is 9.96. The molecule has 56 heavy (non-hydrogen) atoms. The largest absolute Gasteiger partial charge is 0.309 e. The molecule has 5 heteroatoms. The average molecular weight is 716 g/mol. The van der Waals surface area contributed by atoms with Crippen LogP contribution in [0.4, 0.5) is 0 Å². The minimum atomic E-state index is 0.921. The van der Waals surface area contributed by atoms with Crippen LogP contribution in [0.25, 0.3) is 99.9 Å². The van der Waals surface area contributed by atoms with Gasteiger partial charge in [-0.25, -0.2) is 4.98 Å². The Morgan fingerprint density at radius 3 is 1.68 bits per heavy atom. The Kier molecular flexibility index (Phi) is 7.42. The van der Waals surface area contributed by atoms with Crippen LogP contribution < -0.4 is 0 Å². The lowest BCUT2D eigenvalue weighted by Crippen LogP contribution is -1.96. The van der Waals surface area contributed by atoms with Crippen LogP contribution in [0.15, 0.2) is 201 Å². The molecule has 6 aromatic carbocycles. The number of hydrogen-bond acceptors (Lipinski definition) is 3. The fourth-order valence-corrected chi connectivity index (χ4v) is 8.27. The van der Waals surface area contributed by atoms with Crippen LogP contribution in [0.5, 0.6) is 0 Å². The molecule has 0 unspecified atom stereocenters. The molecule has 5 heterocycles. The van der Waals surface area contributed by atoms with Gasteiger partial charge in [-0.05, 0) is 125 Å². The van der Waals surface area contributed by atoms with Gasteiger partial charge in [-0.15, -0.1) is 0 Å². The van der Waals surface area contributed by atoms with E-state index in [2.05, 4.69) is 161 Å². The van der Waals surface area contributed by atoms with Crippen molar-refractivity contribution < 1.29 is 0 Å². The highest BCUT2D eigenvalue weighted by molar-refractivity contribution is 6.12. The van der Waals surface area contributed by atoms with Crippen LogP contribution >= 0.6 is 0 Å². The number of nitrogens with zero attached hydrogens (tertiary/aromatic N) is 5. The van der Waals surface area contributed by atoms with Crippen molar-refractivity contribution in [3.8, 4) is 56.1 Å². The molecule has 0 saturated carbocycles. The highest BCUT2D eigenvalue weighted by Crippen LogP contribution is 2.39. The normalized spacial score (nSPS) is 11.6. The summed E-state index contributed by atoms with van der Waals surface area (Å²) in [6.07, 6.45) is 5.57. The fourth-order valence-electron chi connectivity index (χ4n) is 8.27. The summed E-state index contributed by atoms with van der Waals surface area (Å²) < 4.78 is 4.67. The number of hydrogen-bond donors (Lipinski definition) is 0. The van der Waals surface area contributed by atoms with E-state index in [1.54, 1.807) is 0 Å².